The van der Waals surface area contributed by atoms with Crippen molar-refractivity contribution in [3.05, 3.63) is 53.5 Å². The smallest absolute Gasteiger partial charge is 0.290 e. The number of furan rings is 1. The van der Waals surface area contributed by atoms with Crippen LogP contribution in [0.5, 0.6) is 5.75 Å². The number of nitriles is 1. The number of nitrogens with zero attached hydrogens (tertiary/aromatic N) is 3. The van der Waals surface area contributed by atoms with Crippen molar-refractivity contribution in [1.82, 2.24) is 9.80 Å². The summed E-state index contributed by atoms with van der Waals surface area (Å²) in [7, 11) is 0. The number of ether oxygens (including phenoxy) is 1. The molecule has 0 spiro atoms. The summed E-state index contributed by atoms with van der Waals surface area (Å²) in [6.07, 6.45) is 0.412. The monoisotopic (exact) mass is 395 g/mol. The molecule has 1 aromatic heterocycles. The maximum absolute atomic E-state index is 13.0. The summed E-state index contributed by atoms with van der Waals surface area (Å²) in [5, 5.41) is 20.3. The van der Waals surface area contributed by atoms with E-state index in [0.717, 1.165) is 0 Å². The summed E-state index contributed by atoms with van der Waals surface area (Å²) in [5.74, 6) is 0.0860. The molecule has 0 aliphatic carbocycles. The van der Waals surface area contributed by atoms with E-state index in [2.05, 4.69) is 6.07 Å². The predicted molar refractivity (Wildman–Crippen MR) is 101 cm³/mol. The first kappa shape index (κ1) is 19.0. The molecule has 3 heterocycles. The molecule has 4 rings (SSSR count). The number of benzene rings is 1. The topological polar surface area (TPSA) is 107 Å². The van der Waals surface area contributed by atoms with Crippen molar-refractivity contribution in [3.63, 3.8) is 0 Å². The Bertz CT molecular complexity index is 992. The summed E-state index contributed by atoms with van der Waals surface area (Å²) < 4.78 is 11.1. The second-order valence-electron chi connectivity index (χ2n) is 7.75. The number of rotatable bonds is 2. The van der Waals surface area contributed by atoms with Crippen LogP contribution in [0, 0.1) is 11.3 Å². The van der Waals surface area contributed by atoms with Crippen molar-refractivity contribution in [1.29, 1.82) is 5.26 Å². The second-order valence-corrected chi connectivity index (χ2v) is 7.75. The molecule has 1 saturated heterocycles. The number of piperazine rings is 1. The second kappa shape index (κ2) is 6.94. The minimum absolute atomic E-state index is 0.114. The van der Waals surface area contributed by atoms with Gasteiger partial charge in [-0.2, -0.15) is 5.26 Å². The number of amides is 2. The zero-order chi connectivity index (χ0) is 20.8. The molecule has 1 N–H and O–H groups in total. The Labute approximate surface area is 167 Å². The fraction of sp³-hybridized carbons (Fsp3) is 0.381. The molecule has 1 fully saturated rings. The molecule has 0 bridgehead atoms. The van der Waals surface area contributed by atoms with Crippen LogP contribution in [0.15, 0.2) is 41.0 Å². The van der Waals surface area contributed by atoms with Gasteiger partial charge < -0.3 is 24.1 Å². The zero-order valence-electron chi connectivity index (χ0n) is 16.2. The fourth-order valence-corrected chi connectivity index (χ4v) is 3.88. The molecule has 8 nitrogen and oxygen atoms in total. The van der Waals surface area contributed by atoms with Crippen LogP contribution < -0.4 is 4.74 Å². The van der Waals surface area contributed by atoms with E-state index in [4.69, 9.17) is 9.15 Å². The van der Waals surface area contributed by atoms with Gasteiger partial charge in [-0.25, -0.2) is 0 Å². The highest BCUT2D eigenvalue weighted by atomic mass is 16.5. The molecule has 2 unspecified atom stereocenters. The molecule has 150 valence electrons. The maximum atomic E-state index is 13.0. The van der Waals surface area contributed by atoms with Crippen LogP contribution in [0.25, 0.3) is 0 Å². The van der Waals surface area contributed by atoms with Crippen LogP contribution in [0.2, 0.25) is 0 Å². The number of carbonyl (C=O) groups is 2. The first-order valence-corrected chi connectivity index (χ1v) is 9.35. The first-order chi connectivity index (χ1) is 13.8. The van der Waals surface area contributed by atoms with Gasteiger partial charge in [-0.05, 0) is 44.2 Å². The Kier molecular flexibility index (Phi) is 4.55. The van der Waals surface area contributed by atoms with Gasteiger partial charge in [-0.3, -0.25) is 9.59 Å². The van der Waals surface area contributed by atoms with Gasteiger partial charge in [0.1, 0.15) is 24.0 Å². The molecule has 2 aliphatic heterocycles. The van der Waals surface area contributed by atoms with E-state index in [1.807, 2.05) is 0 Å². The van der Waals surface area contributed by atoms with Gasteiger partial charge in [0.25, 0.3) is 5.91 Å². The number of hydrogen-bond donors (Lipinski definition) is 1. The highest BCUT2D eigenvalue weighted by Gasteiger charge is 2.48. The van der Waals surface area contributed by atoms with Gasteiger partial charge in [0.2, 0.25) is 5.91 Å². The van der Waals surface area contributed by atoms with Gasteiger partial charge in [-0.1, -0.05) is 0 Å². The SMILES string of the molecule is CC1(C)Oc2ccc(C#N)cc2C(N2CCN(C(=O)c3ccco3)CC2=O)C1O. The number of aliphatic hydroxyl groups is 1. The largest absolute Gasteiger partial charge is 0.485 e. The Morgan fingerprint density at radius 2 is 2.10 bits per heavy atom. The van der Waals surface area contributed by atoms with Gasteiger partial charge >= 0.3 is 0 Å². The molecule has 1 aromatic carbocycles. The van der Waals surface area contributed by atoms with Crippen molar-refractivity contribution >= 4 is 11.8 Å². The molecule has 2 amide bonds. The fourth-order valence-electron chi connectivity index (χ4n) is 3.88. The third-order valence-corrected chi connectivity index (χ3v) is 5.45. The van der Waals surface area contributed by atoms with E-state index < -0.39 is 17.7 Å². The van der Waals surface area contributed by atoms with Crippen molar-refractivity contribution in [2.75, 3.05) is 19.6 Å². The van der Waals surface area contributed by atoms with E-state index >= 15 is 0 Å². The standard InChI is InChI=1S/C21H21N3O5/c1-21(2)19(26)18(14-10-13(11-22)5-6-15(14)29-21)24-8-7-23(12-17(24)25)20(27)16-4-3-9-28-16/h3-6,9-10,18-19,26H,7-8,12H2,1-2H3. The van der Waals surface area contributed by atoms with Gasteiger partial charge in [0, 0.05) is 18.7 Å². The minimum Gasteiger partial charge on any atom is -0.485 e. The van der Waals surface area contributed by atoms with Crippen LogP contribution in [0.1, 0.15) is 41.6 Å². The van der Waals surface area contributed by atoms with Crippen LogP contribution in [-0.4, -0.2) is 58.1 Å². The number of carbonyl (C=O) groups excluding carboxylic acids is 2. The quantitative estimate of drug-likeness (QED) is 0.830. The van der Waals surface area contributed by atoms with Crippen LogP contribution in [0.3, 0.4) is 0 Å². The van der Waals surface area contributed by atoms with Crippen LogP contribution >= 0.6 is 0 Å². The third kappa shape index (κ3) is 3.23. The zero-order valence-corrected chi connectivity index (χ0v) is 16.2. The van der Waals surface area contributed by atoms with E-state index in [0.29, 0.717) is 23.4 Å². The minimum atomic E-state index is -1.000. The maximum Gasteiger partial charge on any atom is 0.290 e. The van der Waals surface area contributed by atoms with Crippen molar-refractivity contribution in [2.24, 2.45) is 0 Å². The van der Waals surface area contributed by atoms with E-state index in [-0.39, 0.29) is 30.7 Å². The molecule has 2 atom stereocenters. The summed E-state index contributed by atoms with van der Waals surface area (Å²) in [6.45, 7) is 3.96. The highest BCUT2D eigenvalue weighted by Crippen LogP contribution is 2.43. The molecular formula is C21H21N3O5. The summed E-state index contributed by atoms with van der Waals surface area (Å²) >= 11 is 0. The van der Waals surface area contributed by atoms with Gasteiger partial charge in [-0.15, -0.1) is 0 Å². The molecule has 2 aliphatic rings. The first-order valence-electron chi connectivity index (χ1n) is 9.35. The number of hydrogen-bond acceptors (Lipinski definition) is 6. The normalized spacial score (nSPS) is 23.2. The molecular weight excluding hydrogens is 374 g/mol. The Morgan fingerprint density at radius 1 is 1.31 bits per heavy atom. The van der Waals surface area contributed by atoms with Crippen LogP contribution in [0.4, 0.5) is 0 Å². The molecule has 0 saturated carbocycles. The average molecular weight is 395 g/mol. The Morgan fingerprint density at radius 3 is 2.76 bits per heavy atom. The molecule has 0 radical (unpaired) electrons. The average Bonchev–Trinajstić information content (AvgIpc) is 3.23. The third-order valence-electron chi connectivity index (χ3n) is 5.45. The van der Waals surface area contributed by atoms with Crippen molar-refractivity contribution in [3.8, 4) is 11.8 Å². The van der Waals surface area contributed by atoms with Gasteiger partial charge in [0.05, 0.1) is 23.9 Å². The van der Waals surface area contributed by atoms with E-state index in [1.165, 1.54) is 11.2 Å². The van der Waals surface area contributed by atoms with Gasteiger partial charge in [0.15, 0.2) is 5.76 Å². The van der Waals surface area contributed by atoms with Crippen molar-refractivity contribution in [2.45, 2.75) is 31.6 Å². The molecule has 29 heavy (non-hydrogen) atoms. The Balaban J connectivity index is 1.63. The van der Waals surface area contributed by atoms with E-state index in [9.17, 15) is 20.0 Å². The summed E-state index contributed by atoms with van der Waals surface area (Å²) in [5.41, 5.74) is 0.0890. The lowest BCUT2D eigenvalue weighted by atomic mass is 9.84. The Hall–Kier alpha value is -3.31. The number of aliphatic hydroxyl groups excluding tert-OH is 1. The molecule has 2 aromatic rings. The number of fused-ring (bicyclic) bond motifs is 1. The summed E-state index contributed by atoms with van der Waals surface area (Å²) in [4.78, 5) is 28.5. The van der Waals surface area contributed by atoms with Crippen LogP contribution in [-0.2, 0) is 4.79 Å². The highest BCUT2D eigenvalue weighted by molar-refractivity contribution is 5.95. The predicted octanol–water partition coefficient (Wildman–Crippen LogP) is 1.71. The van der Waals surface area contributed by atoms with Crippen molar-refractivity contribution < 1.29 is 23.8 Å². The lowest BCUT2D eigenvalue weighted by Crippen LogP contribution is -2.59. The van der Waals surface area contributed by atoms with E-state index in [1.54, 1.807) is 49.1 Å². The summed E-state index contributed by atoms with van der Waals surface area (Å²) in [6, 6.07) is 9.57. The lowest BCUT2D eigenvalue weighted by Gasteiger charge is -2.48. The lowest BCUT2D eigenvalue weighted by molar-refractivity contribution is -0.149. The molecule has 8 heteroatoms.